The summed E-state index contributed by atoms with van der Waals surface area (Å²) in [6.07, 6.45) is -0.0426. The van der Waals surface area contributed by atoms with Crippen LogP contribution < -0.4 is 15.4 Å². The molecule has 1 atom stereocenters. The Labute approximate surface area is 143 Å². The summed E-state index contributed by atoms with van der Waals surface area (Å²) >= 11 is 3.42. The Balaban J connectivity index is 2.57. The van der Waals surface area contributed by atoms with Gasteiger partial charge in [-0.05, 0) is 39.0 Å². The maximum atomic E-state index is 12.2. The molecular formula is C16H19BrN2O4. The molecule has 1 aliphatic rings. The van der Waals surface area contributed by atoms with Crippen LogP contribution in [0.25, 0.3) is 0 Å². The molecule has 0 saturated carbocycles. The van der Waals surface area contributed by atoms with Crippen LogP contribution in [-0.4, -0.2) is 25.2 Å². The molecule has 2 rings (SSSR count). The second kappa shape index (κ2) is 7.04. The number of urea groups is 1. The normalized spacial score (nSPS) is 17.7. The van der Waals surface area contributed by atoms with E-state index in [-0.39, 0.29) is 12.1 Å². The van der Waals surface area contributed by atoms with Crippen LogP contribution in [0.15, 0.2) is 33.9 Å². The Kier molecular flexibility index (Phi) is 5.30. The van der Waals surface area contributed by atoms with E-state index in [0.29, 0.717) is 22.6 Å². The average Bonchev–Trinajstić information content (AvgIpc) is 2.47. The standard InChI is InChI=1S/C16H19BrN2O4/c1-8(2)23-12-6-5-10(17)7-11(12)14-13(15(20)22-4)9(3)18-16(21)19-14/h5-8,14H,1-4H3,(H2,18,19,21)/t14-/m1/s1. The minimum Gasteiger partial charge on any atom is -0.491 e. The third kappa shape index (κ3) is 3.85. The molecule has 0 fully saturated rings. The lowest BCUT2D eigenvalue weighted by molar-refractivity contribution is -0.136. The van der Waals surface area contributed by atoms with E-state index in [1.807, 2.05) is 26.0 Å². The molecular weight excluding hydrogens is 364 g/mol. The van der Waals surface area contributed by atoms with Crippen molar-refractivity contribution < 1.29 is 19.1 Å². The monoisotopic (exact) mass is 382 g/mol. The minimum absolute atomic E-state index is 0.0426. The van der Waals surface area contributed by atoms with Gasteiger partial charge in [-0.15, -0.1) is 0 Å². The SMILES string of the molecule is COC(=O)C1=C(C)NC(=O)N[C@@H]1c1cc(Br)ccc1OC(C)C. The van der Waals surface area contributed by atoms with Crippen LogP contribution in [0.1, 0.15) is 32.4 Å². The Morgan fingerprint density at radius 3 is 2.65 bits per heavy atom. The lowest BCUT2D eigenvalue weighted by Crippen LogP contribution is -2.45. The van der Waals surface area contributed by atoms with Gasteiger partial charge >= 0.3 is 12.0 Å². The summed E-state index contributed by atoms with van der Waals surface area (Å²) < 4.78 is 11.5. The summed E-state index contributed by atoms with van der Waals surface area (Å²) in [6, 6.07) is 4.44. The Bertz CT molecular complexity index is 670. The molecule has 0 unspecified atom stereocenters. The molecule has 0 radical (unpaired) electrons. The number of allylic oxidation sites excluding steroid dienone is 1. The fourth-order valence-electron chi connectivity index (χ4n) is 2.41. The van der Waals surface area contributed by atoms with Gasteiger partial charge in [0.05, 0.1) is 24.8 Å². The van der Waals surface area contributed by atoms with E-state index in [1.54, 1.807) is 13.0 Å². The highest BCUT2D eigenvalue weighted by atomic mass is 79.9. The maximum absolute atomic E-state index is 12.2. The smallest absolute Gasteiger partial charge is 0.337 e. The molecule has 2 N–H and O–H groups in total. The van der Waals surface area contributed by atoms with Gasteiger partial charge in [0.2, 0.25) is 0 Å². The number of rotatable bonds is 4. The number of methoxy groups -OCH3 is 1. The zero-order chi connectivity index (χ0) is 17.1. The van der Waals surface area contributed by atoms with E-state index in [0.717, 1.165) is 4.47 Å². The number of nitrogens with one attached hydrogen (secondary N) is 2. The van der Waals surface area contributed by atoms with Crippen molar-refractivity contribution in [3.63, 3.8) is 0 Å². The van der Waals surface area contributed by atoms with E-state index in [4.69, 9.17) is 9.47 Å². The zero-order valence-corrected chi connectivity index (χ0v) is 15.0. The molecule has 1 aromatic rings. The predicted octanol–water partition coefficient (Wildman–Crippen LogP) is 3.04. The molecule has 1 aromatic carbocycles. The van der Waals surface area contributed by atoms with Crippen LogP contribution in [0.2, 0.25) is 0 Å². The second-order valence-electron chi connectivity index (χ2n) is 5.41. The van der Waals surface area contributed by atoms with Crippen LogP contribution in [0.5, 0.6) is 5.75 Å². The van der Waals surface area contributed by atoms with Gasteiger partial charge in [-0.1, -0.05) is 15.9 Å². The Morgan fingerprint density at radius 2 is 2.04 bits per heavy atom. The summed E-state index contributed by atoms with van der Waals surface area (Å²) in [4.78, 5) is 24.0. The first-order valence-corrected chi connectivity index (χ1v) is 7.95. The molecule has 0 saturated heterocycles. The quantitative estimate of drug-likeness (QED) is 0.784. The van der Waals surface area contributed by atoms with Crippen LogP contribution in [0.4, 0.5) is 4.79 Å². The highest BCUT2D eigenvalue weighted by molar-refractivity contribution is 9.10. The van der Waals surface area contributed by atoms with Crippen molar-refractivity contribution in [3.8, 4) is 5.75 Å². The van der Waals surface area contributed by atoms with Crippen molar-refractivity contribution in [1.29, 1.82) is 0 Å². The summed E-state index contributed by atoms with van der Waals surface area (Å²) in [6.45, 7) is 5.49. The lowest BCUT2D eigenvalue weighted by Gasteiger charge is -2.29. The highest BCUT2D eigenvalue weighted by Gasteiger charge is 2.33. The first kappa shape index (κ1) is 17.3. The van der Waals surface area contributed by atoms with E-state index in [9.17, 15) is 9.59 Å². The van der Waals surface area contributed by atoms with Crippen LogP contribution in [0.3, 0.4) is 0 Å². The number of carbonyl (C=O) groups excluding carboxylic acids is 2. The van der Waals surface area contributed by atoms with E-state index in [1.165, 1.54) is 7.11 Å². The summed E-state index contributed by atoms with van der Waals surface area (Å²) in [5, 5.41) is 5.36. The molecule has 1 heterocycles. The lowest BCUT2D eigenvalue weighted by atomic mass is 9.95. The van der Waals surface area contributed by atoms with Crippen LogP contribution in [0, 0.1) is 0 Å². The number of benzene rings is 1. The van der Waals surface area contributed by atoms with Crippen molar-refractivity contribution >= 4 is 27.9 Å². The van der Waals surface area contributed by atoms with Crippen LogP contribution >= 0.6 is 15.9 Å². The average molecular weight is 383 g/mol. The first-order valence-electron chi connectivity index (χ1n) is 7.16. The second-order valence-corrected chi connectivity index (χ2v) is 6.33. The van der Waals surface area contributed by atoms with Crippen molar-refractivity contribution in [2.24, 2.45) is 0 Å². The van der Waals surface area contributed by atoms with Gasteiger partial charge in [0.15, 0.2) is 0 Å². The number of halogens is 1. The van der Waals surface area contributed by atoms with E-state index < -0.39 is 12.0 Å². The molecule has 23 heavy (non-hydrogen) atoms. The van der Waals surface area contributed by atoms with Crippen molar-refractivity contribution in [2.75, 3.05) is 7.11 Å². The topological polar surface area (TPSA) is 76.7 Å². The number of amides is 2. The third-order valence-corrected chi connectivity index (χ3v) is 3.81. The molecule has 124 valence electrons. The summed E-state index contributed by atoms with van der Waals surface area (Å²) in [5.41, 5.74) is 1.49. The molecule has 0 aliphatic carbocycles. The van der Waals surface area contributed by atoms with Crippen molar-refractivity contribution in [3.05, 3.63) is 39.5 Å². The number of carbonyl (C=O) groups is 2. The molecule has 7 heteroatoms. The number of esters is 1. The highest BCUT2D eigenvalue weighted by Crippen LogP contribution is 2.35. The van der Waals surface area contributed by atoms with Gasteiger partial charge in [-0.25, -0.2) is 9.59 Å². The fraction of sp³-hybridized carbons (Fsp3) is 0.375. The summed E-state index contributed by atoms with van der Waals surface area (Å²) in [7, 11) is 1.31. The predicted molar refractivity (Wildman–Crippen MR) is 89.0 cm³/mol. The van der Waals surface area contributed by atoms with Gasteiger partial charge in [-0.2, -0.15) is 0 Å². The van der Waals surface area contributed by atoms with Gasteiger partial charge < -0.3 is 20.1 Å². The van der Waals surface area contributed by atoms with Gasteiger partial charge in [-0.3, -0.25) is 0 Å². The molecule has 1 aliphatic heterocycles. The van der Waals surface area contributed by atoms with Crippen LogP contribution in [-0.2, 0) is 9.53 Å². The van der Waals surface area contributed by atoms with Crippen molar-refractivity contribution in [2.45, 2.75) is 32.9 Å². The number of hydrogen-bond donors (Lipinski definition) is 2. The number of hydrogen-bond acceptors (Lipinski definition) is 4. The first-order chi connectivity index (χ1) is 10.8. The molecule has 0 bridgehead atoms. The zero-order valence-electron chi connectivity index (χ0n) is 13.4. The van der Waals surface area contributed by atoms with Gasteiger partial charge in [0.1, 0.15) is 5.75 Å². The molecule has 6 nitrogen and oxygen atoms in total. The summed E-state index contributed by atoms with van der Waals surface area (Å²) in [5.74, 6) is 0.0973. The largest absolute Gasteiger partial charge is 0.491 e. The maximum Gasteiger partial charge on any atom is 0.337 e. The van der Waals surface area contributed by atoms with E-state index in [2.05, 4.69) is 26.6 Å². The molecule has 2 amide bonds. The Hall–Kier alpha value is -2.02. The third-order valence-electron chi connectivity index (χ3n) is 3.32. The van der Waals surface area contributed by atoms with Gasteiger partial charge in [0, 0.05) is 15.7 Å². The van der Waals surface area contributed by atoms with Crippen molar-refractivity contribution in [1.82, 2.24) is 10.6 Å². The number of ether oxygens (including phenoxy) is 2. The Morgan fingerprint density at radius 1 is 1.35 bits per heavy atom. The fourth-order valence-corrected chi connectivity index (χ4v) is 2.79. The molecule has 0 spiro atoms. The van der Waals surface area contributed by atoms with Gasteiger partial charge in [0.25, 0.3) is 0 Å². The van der Waals surface area contributed by atoms with E-state index >= 15 is 0 Å². The minimum atomic E-state index is -0.651. The molecule has 0 aromatic heterocycles.